The number of nitrogens with zero attached hydrogens (tertiary/aromatic N) is 1. The van der Waals surface area contributed by atoms with E-state index in [0.717, 1.165) is 16.8 Å². The fourth-order valence-corrected chi connectivity index (χ4v) is 1.70. The van der Waals surface area contributed by atoms with Gasteiger partial charge in [-0.15, -0.1) is 0 Å². The third-order valence-electron chi connectivity index (χ3n) is 1.35. The van der Waals surface area contributed by atoms with Crippen LogP contribution in [-0.2, 0) is 0 Å². The number of aliphatic imine (C=N–C) groups is 1. The first-order valence-corrected chi connectivity index (χ1v) is 4.96. The SMILES string of the molecule is CN=C(NC)SCCC(C)C. The number of nitrogens with one attached hydrogen (secondary N) is 1. The van der Waals surface area contributed by atoms with Crippen molar-refractivity contribution in [3.63, 3.8) is 0 Å². The Morgan fingerprint density at radius 1 is 1.55 bits per heavy atom. The maximum absolute atomic E-state index is 4.07. The summed E-state index contributed by atoms with van der Waals surface area (Å²) in [5.74, 6) is 1.95. The van der Waals surface area contributed by atoms with Crippen molar-refractivity contribution in [3.8, 4) is 0 Å². The lowest BCUT2D eigenvalue weighted by Crippen LogP contribution is -2.14. The summed E-state index contributed by atoms with van der Waals surface area (Å²) in [6.45, 7) is 4.48. The van der Waals surface area contributed by atoms with E-state index in [9.17, 15) is 0 Å². The third kappa shape index (κ3) is 6.23. The molecule has 0 aliphatic heterocycles. The molecule has 0 aromatic rings. The number of hydrogen-bond donors (Lipinski definition) is 1. The highest BCUT2D eigenvalue weighted by Gasteiger charge is 1.97. The summed E-state index contributed by atoms with van der Waals surface area (Å²) >= 11 is 1.79. The number of amidine groups is 1. The summed E-state index contributed by atoms with van der Waals surface area (Å²) in [7, 11) is 3.72. The average Bonchev–Trinajstić information content (AvgIpc) is 1.98. The molecule has 0 fully saturated rings. The normalized spacial score (nSPS) is 12.3. The Morgan fingerprint density at radius 3 is 2.55 bits per heavy atom. The van der Waals surface area contributed by atoms with Gasteiger partial charge in [0.1, 0.15) is 0 Å². The van der Waals surface area contributed by atoms with Gasteiger partial charge in [-0.3, -0.25) is 4.99 Å². The molecule has 0 amide bonds. The molecule has 1 N–H and O–H groups in total. The van der Waals surface area contributed by atoms with Crippen LogP contribution in [0.5, 0.6) is 0 Å². The van der Waals surface area contributed by atoms with Crippen molar-refractivity contribution in [2.24, 2.45) is 10.9 Å². The maximum atomic E-state index is 4.07. The molecule has 11 heavy (non-hydrogen) atoms. The van der Waals surface area contributed by atoms with E-state index in [1.165, 1.54) is 6.42 Å². The van der Waals surface area contributed by atoms with Crippen molar-refractivity contribution < 1.29 is 0 Å². The standard InChI is InChI=1S/C8H18N2S/c1-7(2)5-6-11-8(9-3)10-4/h7H,5-6H2,1-4H3,(H,9,10). The second-order valence-electron chi connectivity index (χ2n) is 2.81. The molecular weight excluding hydrogens is 156 g/mol. The number of thioether (sulfide) groups is 1. The van der Waals surface area contributed by atoms with Gasteiger partial charge in [0.15, 0.2) is 5.17 Å². The molecule has 66 valence electrons. The Kier molecular flexibility index (Phi) is 6.42. The van der Waals surface area contributed by atoms with E-state index in [1.807, 2.05) is 14.1 Å². The predicted octanol–water partition coefficient (Wildman–Crippen LogP) is 1.97. The van der Waals surface area contributed by atoms with Crippen LogP contribution < -0.4 is 5.32 Å². The van der Waals surface area contributed by atoms with Gasteiger partial charge in [0.2, 0.25) is 0 Å². The Bertz CT molecular complexity index is 121. The van der Waals surface area contributed by atoms with E-state index in [-0.39, 0.29) is 0 Å². The summed E-state index contributed by atoms with van der Waals surface area (Å²) in [5.41, 5.74) is 0. The van der Waals surface area contributed by atoms with E-state index in [4.69, 9.17) is 0 Å². The first kappa shape index (κ1) is 10.8. The second kappa shape index (κ2) is 6.53. The molecule has 0 aliphatic rings. The molecule has 0 saturated carbocycles. The van der Waals surface area contributed by atoms with Crippen molar-refractivity contribution in [1.29, 1.82) is 0 Å². The molecule has 0 radical (unpaired) electrons. The fourth-order valence-electron chi connectivity index (χ4n) is 0.640. The van der Waals surface area contributed by atoms with Gasteiger partial charge in [-0.25, -0.2) is 0 Å². The molecular formula is C8H18N2S. The highest BCUT2D eigenvalue weighted by atomic mass is 32.2. The summed E-state index contributed by atoms with van der Waals surface area (Å²) < 4.78 is 0. The van der Waals surface area contributed by atoms with Gasteiger partial charge in [-0.2, -0.15) is 0 Å². The largest absolute Gasteiger partial charge is 0.368 e. The van der Waals surface area contributed by atoms with Crippen molar-refractivity contribution >= 4 is 16.9 Å². The lowest BCUT2D eigenvalue weighted by atomic mass is 10.2. The van der Waals surface area contributed by atoms with Crippen LogP contribution in [0.3, 0.4) is 0 Å². The predicted molar refractivity (Wildman–Crippen MR) is 54.3 cm³/mol. The fraction of sp³-hybridized carbons (Fsp3) is 0.875. The van der Waals surface area contributed by atoms with Crippen LogP contribution in [0.25, 0.3) is 0 Å². The van der Waals surface area contributed by atoms with E-state index in [2.05, 4.69) is 24.2 Å². The van der Waals surface area contributed by atoms with Crippen LogP contribution in [0.2, 0.25) is 0 Å². The van der Waals surface area contributed by atoms with E-state index in [1.54, 1.807) is 11.8 Å². The van der Waals surface area contributed by atoms with Gasteiger partial charge < -0.3 is 5.32 Å². The molecule has 0 rings (SSSR count). The molecule has 0 atom stereocenters. The topological polar surface area (TPSA) is 24.4 Å². The lowest BCUT2D eigenvalue weighted by molar-refractivity contribution is 0.632. The number of rotatable bonds is 3. The Hall–Kier alpha value is -0.180. The van der Waals surface area contributed by atoms with E-state index < -0.39 is 0 Å². The molecule has 2 nitrogen and oxygen atoms in total. The smallest absolute Gasteiger partial charge is 0.156 e. The lowest BCUT2D eigenvalue weighted by Gasteiger charge is -2.05. The van der Waals surface area contributed by atoms with Gasteiger partial charge in [0.05, 0.1) is 0 Å². The zero-order valence-electron chi connectivity index (χ0n) is 7.85. The molecule has 0 aromatic carbocycles. The molecule has 0 aliphatic carbocycles. The summed E-state index contributed by atoms with van der Waals surface area (Å²) in [6, 6.07) is 0. The van der Waals surface area contributed by atoms with Crippen LogP contribution in [0.1, 0.15) is 20.3 Å². The van der Waals surface area contributed by atoms with Crippen molar-refractivity contribution in [2.45, 2.75) is 20.3 Å². The minimum Gasteiger partial charge on any atom is -0.368 e. The minimum absolute atomic E-state index is 0.789. The van der Waals surface area contributed by atoms with Crippen LogP contribution in [0, 0.1) is 5.92 Å². The van der Waals surface area contributed by atoms with Gasteiger partial charge >= 0.3 is 0 Å². The Balaban J connectivity index is 3.37. The first-order chi connectivity index (χ1) is 5.20. The zero-order chi connectivity index (χ0) is 8.69. The molecule has 0 spiro atoms. The summed E-state index contributed by atoms with van der Waals surface area (Å²) in [5, 5.41) is 4.07. The van der Waals surface area contributed by atoms with Gasteiger partial charge in [-0.05, 0) is 12.3 Å². The molecule has 3 heteroatoms. The third-order valence-corrected chi connectivity index (χ3v) is 2.45. The Labute approximate surface area is 73.9 Å². The van der Waals surface area contributed by atoms with Gasteiger partial charge in [-0.1, -0.05) is 25.6 Å². The maximum Gasteiger partial charge on any atom is 0.156 e. The van der Waals surface area contributed by atoms with Gasteiger partial charge in [0, 0.05) is 19.8 Å². The van der Waals surface area contributed by atoms with Crippen LogP contribution >= 0.6 is 11.8 Å². The highest BCUT2D eigenvalue weighted by molar-refractivity contribution is 8.13. The summed E-state index contributed by atoms with van der Waals surface area (Å²) in [6.07, 6.45) is 1.26. The monoisotopic (exact) mass is 174 g/mol. The van der Waals surface area contributed by atoms with E-state index in [0.29, 0.717) is 0 Å². The molecule has 0 bridgehead atoms. The molecule has 0 heterocycles. The quantitative estimate of drug-likeness (QED) is 0.522. The van der Waals surface area contributed by atoms with Crippen LogP contribution in [0.15, 0.2) is 4.99 Å². The van der Waals surface area contributed by atoms with Crippen molar-refractivity contribution in [2.75, 3.05) is 19.8 Å². The molecule has 0 unspecified atom stereocenters. The van der Waals surface area contributed by atoms with E-state index >= 15 is 0 Å². The van der Waals surface area contributed by atoms with Gasteiger partial charge in [0.25, 0.3) is 0 Å². The average molecular weight is 174 g/mol. The summed E-state index contributed by atoms with van der Waals surface area (Å²) in [4.78, 5) is 4.07. The molecule has 0 saturated heterocycles. The number of hydrogen-bond acceptors (Lipinski definition) is 2. The zero-order valence-corrected chi connectivity index (χ0v) is 8.66. The highest BCUT2D eigenvalue weighted by Crippen LogP contribution is 2.08. The minimum atomic E-state index is 0.789. The second-order valence-corrected chi connectivity index (χ2v) is 3.89. The van der Waals surface area contributed by atoms with Crippen LogP contribution in [0.4, 0.5) is 0 Å². The Morgan fingerprint density at radius 2 is 2.18 bits per heavy atom. The van der Waals surface area contributed by atoms with Crippen LogP contribution in [-0.4, -0.2) is 25.0 Å². The van der Waals surface area contributed by atoms with Crippen molar-refractivity contribution in [1.82, 2.24) is 5.32 Å². The van der Waals surface area contributed by atoms with Crippen molar-refractivity contribution in [3.05, 3.63) is 0 Å². The molecule has 0 aromatic heterocycles. The first-order valence-electron chi connectivity index (χ1n) is 3.98.